The Morgan fingerprint density at radius 1 is 1.26 bits per heavy atom. The van der Waals surface area contributed by atoms with Crippen LogP contribution in [0.4, 0.5) is 5.69 Å². The van der Waals surface area contributed by atoms with Gasteiger partial charge in [-0.25, -0.2) is 0 Å². The molecule has 1 heterocycles. The van der Waals surface area contributed by atoms with Crippen molar-refractivity contribution >= 4 is 22.9 Å². The van der Waals surface area contributed by atoms with Gasteiger partial charge < -0.3 is 10.6 Å². The fourth-order valence-corrected chi connectivity index (χ4v) is 2.30. The van der Waals surface area contributed by atoms with Crippen LogP contribution in [0.2, 0.25) is 0 Å². The number of thiocarbonyl (C=S) groups is 1. The minimum Gasteiger partial charge on any atom is -0.388 e. The number of anilines is 1. The molecule has 3 nitrogen and oxygen atoms in total. The van der Waals surface area contributed by atoms with Gasteiger partial charge in [0.25, 0.3) is 0 Å². The average Bonchev–Trinajstić information content (AvgIpc) is 2.39. The molecule has 0 spiro atoms. The molecule has 0 bridgehead atoms. The van der Waals surface area contributed by atoms with Crippen LogP contribution in [0.5, 0.6) is 0 Å². The molecule has 0 aliphatic heterocycles. The third-order valence-electron chi connectivity index (χ3n) is 3.06. The highest BCUT2D eigenvalue weighted by atomic mass is 32.1. The van der Waals surface area contributed by atoms with Gasteiger partial charge in [-0.05, 0) is 24.6 Å². The lowest BCUT2D eigenvalue weighted by Gasteiger charge is -2.22. The van der Waals surface area contributed by atoms with E-state index in [9.17, 15) is 0 Å². The van der Waals surface area contributed by atoms with E-state index < -0.39 is 0 Å². The van der Waals surface area contributed by atoms with Gasteiger partial charge in [0.2, 0.25) is 0 Å². The normalized spacial score (nSPS) is 10.2. The first-order valence-corrected chi connectivity index (χ1v) is 6.51. The number of rotatable bonds is 4. The number of pyridine rings is 1. The van der Waals surface area contributed by atoms with E-state index in [0.29, 0.717) is 10.7 Å². The average molecular weight is 271 g/mol. The van der Waals surface area contributed by atoms with E-state index in [1.807, 2.05) is 24.3 Å². The topological polar surface area (TPSA) is 42.2 Å². The molecule has 0 unspecified atom stereocenters. The van der Waals surface area contributed by atoms with Gasteiger partial charge in [-0.2, -0.15) is 0 Å². The lowest BCUT2D eigenvalue weighted by Crippen LogP contribution is -2.22. The van der Waals surface area contributed by atoms with Crippen molar-refractivity contribution in [1.82, 2.24) is 4.98 Å². The van der Waals surface area contributed by atoms with E-state index in [1.165, 1.54) is 11.3 Å². The maximum atomic E-state index is 5.71. The van der Waals surface area contributed by atoms with E-state index >= 15 is 0 Å². The molecule has 98 valence electrons. The summed E-state index contributed by atoms with van der Waals surface area (Å²) in [6.07, 6.45) is 1.71. The number of para-hydroxylation sites is 1. The molecule has 2 rings (SSSR count). The van der Waals surface area contributed by atoms with Crippen LogP contribution in [0.1, 0.15) is 16.8 Å². The summed E-state index contributed by atoms with van der Waals surface area (Å²) in [4.78, 5) is 6.77. The molecule has 0 atom stereocenters. The maximum Gasteiger partial charge on any atom is 0.123 e. The third kappa shape index (κ3) is 3.09. The SMILES string of the molecule is Cc1ccccc1N(C)Cc1cccnc1C(N)=S. The van der Waals surface area contributed by atoms with E-state index in [-0.39, 0.29) is 0 Å². The number of benzene rings is 1. The highest BCUT2D eigenvalue weighted by Crippen LogP contribution is 2.20. The van der Waals surface area contributed by atoms with Gasteiger partial charge in [0, 0.05) is 31.0 Å². The maximum absolute atomic E-state index is 5.71. The molecule has 1 aromatic heterocycles. The summed E-state index contributed by atoms with van der Waals surface area (Å²) in [6.45, 7) is 2.83. The van der Waals surface area contributed by atoms with Crippen LogP contribution < -0.4 is 10.6 Å². The number of nitrogens with zero attached hydrogens (tertiary/aromatic N) is 2. The minimum atomic E-state index is 0.341. The molecule has 0 fully saturated rings. The van der Waals surface area contributed by atoms with Gasteiger partial charge in [-0.15, -0.1) is 0 Å². The van der Waals surface area contributed by atoms with E-state index in [2.05, 4.69) is 36.0 Å². The predicted molar refractivity (Wildman–Crippen MR) is 83.4 cm³/mol. The number of aromatic nitrogens is 1. The molecule has 0 saturated carbocycles. The molecule has 1 aromatic carbocycles. The second-order valence-electron chi connectivity index (χ2n) is 4.52. The Hall–Kier alpha value is -1.94. The lowest BCUT2D eigenvalue weighted by atomic mass is 10.1. The van der Waals surface area contributed by atoms with Crippen LogP contribution in [0, 0.1) is 6.92 Å². The number of nitrogens with two attached hydrogens (primary N) is 1. The van der Waals surface area contributed by atoms with E-state index in [4.69, 9.17) is 18.0 Å². The summed E-state index contributed by atoms with van der Waals surface area (Å²) in [6, 6.07) is 12.2. The highest BCUT2D eigenvalue weighted by Gasteiger charge is 2.10. The Balaban J connectivity index is 2.27. The first-order valence-electron chi connectivity index (χ1n) is 6.10. The zero-order valence-corrected chi connectivity index (χ0v) is 11.9. The number of hydrogen-bond donors (Lipinski definition) is 1. The van der Waals surface area contributed by atoms with Crippen molar-refractivity contribution in [3.8, 4) is 0 Å². The highest BCUT2D eigenvalue weighted by molar-refractivity contribution is 7.80. The molecule has 0 aliphatic carbocycles. The van der Waals surface area contributed by atoms with Crippen molar-refractivity contribution in [2.24, 2.45) is 5.73 Å². The van der Waals surface area contributed by atoms with Gasteiger partial charge in [-0.1, -0.05) is 36.5 Å². The van der Waals surface area contributed by atoms with Crippen LogP contribution >= 0.6 is 12.2 Å². The van der Waals surface area contributed by atoms with Crippen LogP contribution in [-0.2, 0) is 6.54 Å². The summed E-state index contributed by atoms with van der Waals surface area (Å²) in [7, 11) is 2.05. The largest absolute Gasteiger partial charge is 0.388 e. The molecule has 0 aliphatic rings. The van der Waals surface area contributed by atoms with Gasteiger partial charge in [0.15, 0.2) is 0 Å². The molecule has 4 heteroatoms. The zero-order chi connectivity index (χ0) is 13.8. The second-order valence-corrected chi connectivity index (χ2v) is 4.96. The van der Waals surface area contributed by atoms with Crippen molar-refractivity contribution < 1.29 is 0 Å². The number of hydrogen-bond acceptors (Lipinski definition) is 3. The molecule has 19 heavy (non-hydrogen) atoms. The Kier molecular flexibility index (Phi) is 4.12. The Morgan fingerprint density at radius 2 is 2.00 bits per heavy atom. The van der Waals surface area contributed by atoms with Gasteiger partial charge in [0.1, 0.15) is 10.7 Å². The summed E-state index contributed by atoms with van der Waals surface area (Å²) in [5.41, 5.74) is 9.89. The molecule has 2 N–H and O–H groups in total. The monoisotopic (exact) mass is 271 g/mol. The standard InChI is InChI=1S/C15H17N3S/c1-11-6-3-4-8-13(11)18(2)10-12-7-5-9-17-14(12)15(16)19/h3-9H,10H2,1-2H3,(H2,16,19). The summed E-state index contributed by atoms with van der Waals surface area (Å²) in [5.74, 6) is 0. The fraction of sp³-hybridized carbons (Fsp3) is 0.200. The summed E-state index contributed by atoms with van der Waals surface area (Å²) >= 11 is 5.04. The molecule has 0 radical (unpaired) electrons. The zero-order valence-electron chi connectivity index (χ0n) is 11.1. The minimum absolute atomic E-state index is 0.341. The van der Waals surface area contributed by atoms with Crippen molar-refractivity contribution in [2.45, 2.75) is 13.5 Å². The van der Waals surface area contributed by atoms with Gasteiger partial charge >= 0.3 is 0 Å². The van der Waals surface area contributed by atoms with Crippen LogP contribution in [0.3, 0.4) is 0 Å². The van der Waals surface area contributed by atoms with Crippen molar-refractivity contribution in [1.29, 1.82) is 0 Å². The molecule has 0 amide bonds. The summed E-state index contributed by atoms with van der Waals surface area (Å²) < 4.78 is 0. The van der Waals surface area contributed by atoms with E-state index in [0.717, 1.165) is 12.1 Å². The van der Waals surface area contributed by atoms with Crippen molar-refractivity contribution in [3.63, 3.8) is 0 Å². The first-order chi connectivity index (χ1) is 9.09. The van der Waals surface area contributed by atoms with Crippen molar-refractivity contribution in [2.75, 3.05) is 11.9 Å². The second kappa shape index (κ2) is 5.80. The lowest BCUT2D eigenvalue weighted by molar-refractivity contribution is 0.907. The molecule has 0 saturated heterocycles. The van der Waals surface area contributed by atoms with E-state index in [1.54, 1.807) is 6.20 Å². The number of aryl methyl sites for hydroxylation is 1. The van der Waals surface area contributed by atoms with Crippen molar-refractivity contribution in [3.05, 3.63) is 59.4 Å². The van der Waals surface area contributed by atoms with Crippen LogP contribution in [-0.4, -0.2) is 17.0 Å². The van der Waals surface area contributed by atoms with Crippen LogP contribution in [0.25, 0.3) is 0 Å². The Morgan fingerprint density at radius 3 is 2.68 bits per heavy atom. The predicted octanol–water partition coefficient (Wildman–Crippen LogP) is 2.66. The van der Waals surface area contributed by atoms with Gasteiger partial charge in [-0.3, -0.25) is 4.98 Å². The Bertz CT molecular complexity index is 595. The fourth-order valence-electron chi connectivity index (χ4n) is 2.12. The first kappa shape index (κ1) is 13.5. The van der Waals surface area contributed by atoms with Gasteiger partial charge in [0.05, 0.1) is 0 Å². The van der Waals surface area contributed by atoms with Crippen LogP contribution in [0.15, 0.2) is 42.6 Å². The quantitative estimate of drug-likeness (QED) is 0.868. The Labute approximate surface area is 119 Å². The third-order valence-corrected chi connectivity index (χ3v) is 3.25. The molecular formula is C15H17N3S. The summed E-state index contributed by atoms with van der Waals surface area (Å²) in [5, 5.41) is 0. The molecule has 2 aromatic rings. The smallest absolute Gasteiger partial charge is 0.123 e. The molecular weight excluding hydrogens is 254 g/mol.